The minimum absolute atomic E-state index is 0.109. The summed E-state index contributed by atoms with van der Waals surface area (Å²) in [4.78, 5) is 4.61. The first kappa shape index (κ1) is 13.6. The summed E-state index contributed by atoms with van der Waals surface area (Å²) in [6, 6.07) is 5.84. The molecule has 0 bridgehead atoms. The number of nitrogens with two attached hydrogens (primary N) is 1. The second kappa shape index (κ2) is 5.45. The molecule has 2 N–H and O–H groups in total. The van der Waals surface area contributed by atoms with Crippen molar-refractivity contribution in [3.8, 4) is 5.75 Å². The Morgan fingerprint density at radius 3 is 2.74 bits per heavy atom. The zero-order chi connectivity index (χ0) is 14.0. The van der Waals surface area contributed by atoms with E-state index in [2.05, 4.69) is 16.1 Å². The minimum Gasteiger partial charge on any atom is -0.491 e. The molecule has 0 amide bonds. The van der Waals surface area contributed by atoms with Crippen molar-refractivity contribution in [3.63, 3.8) is 0 Å². The second-order valence-electron chi connectivity index (χ2n) is 4.98. The lowest BCUT2D eigenvalue weighted by Crippen LogP contribution is -2.13. The molecule has 1 heterocycles. The molecule has 0 aliphatic rings. The topological polar surface area (TPSA) is 53.1 Å². The Labute approximate surface area is 113 Å². The van der Waals surface area contributed by atoms with E-state index in [9.17, 15) is 0 Å². The van der Waals surface area contributed by atoms with Gasteiger partial charge < -0.3 is 15.0 Å². The molecular weight excluding hydrogens is 238 g/mol. The van der Waals surface area contributed by atoms with Gasteiger partial charge in [0.25, 0.3) is 0 Å². The van der Waals surface area contributed by atoms with Gasteiger partial charge >= 0.3 is 0 Å². The van der Waals surface area contributed by atoms with Crippen LogP contribution in [0.3, 0.4) is 0 Å². The van der Waals surface area contributed by atoms with Crippen LogP contribution in [0, 0.1) is 0 Å². The molecule has 0 aliphatic carbocycles. The van der Waals surface area contributed by atoms with Crippen molar-refractivity contribution in [3.05, 3.63) is 36.7 Å². The number of imidazole rings is 1. The number of nitrogens with zero attached hydrogens (tertiary/aromatic N) is 2. The zero-order valence-corrected chi connectivity index (χ0v) is 11.8. The Bertz CT molecular complexity index is 584. The third-order valence-corrected chi connectivity index (χ3v) is 2.84. The van der Waals surface area contributed by atoms with Crippen LogP contribution in [-0.2, 0) is 6.54 Å². The minimum atomic E-state index is -0.109. The summed E-state index contributed by atoms with van der Waals surface area (Å²) in [7, 11) is 0. The highest BCUT2D eigenvalue weighted by Crippen LogP contribution is 2.24. The van der Waals surface area contributed by atoms with E-state index in [1.165, 1.54) is 0 Å². The van der Waals surface area contributed by atoms with Crippen LogP contribution in [0.2, 0.25) is 0 Å². The third-order valence-electron chi connectivity index (χ3n) is 2.84. The Morgan fingerprint density at radius 1 is 1.42 bits per heavy atom. The summed E-state index contributed by atoms with van der Waals surface area (Å²) in [5.74, 6) is 1.71. The Kier molecular flexibility index (Phi) is 3.90. The van der Waals surface area contributed by atoms with Gasteiger partial charge in [0.05, 0.1) is 23.2 Å². The molecule has 0 saturated heterocycles. The molecule has 0 saturated carbocycles. The van der Waals surface area contributed by atoms with Gasteiger partial charge in [-0.15, -0.1) is 6.58 Å². The van der Waals surface area contributed by atoms with Crippen LogP contribution in [0.25, 0.3) is 11.0 Å². The van der Waals surface area contributed by atoms with Gasteiger partial charge in [-0.05, 0) is 32.9 Å². The summed E-state index contributed by atoms with van der Waals surface area (Å²) < 4.78 is 7.78. The SMILES string of the molecule is C=CCn1c(C(C)N)nc2cc(OC(C)C)ccc21. The first-order valence-corrected chi connectivity index (χ1v) is 6.56. The van der Waals surface area contributed by atoms with Gasteiger partial charge in [0.15, 0.2) is 0 Å². The molecule has 1 unspecified atom stereocenters. The second-order valence-corrected chi connectivity index (χ2v) is 4.98. The summed E-state index contributed by atoms with van der Waals surface area (Å²) in [5.41, 5.74) is 7.95. The first-order valence-electron chi connectivity index (χ1n) is 6.56. The summed E-state index contributed by atoms with van der Waals surface area (Å²) in [6.45, 7) is 10.4. The highest BCUT2D eigenvalue weighted by Gasteiger charge is 2.13. The summed E-state index contributed by atoms with van der Waals surface area (Å²) in [5, 5.41) is 0. The zero-order valence-electron chi connectivity index (χ0n) is 11.8. The molecule has 4 nitrogen and oxygen atoms in total. The van der Waals surface area contributed by atoms with Crippen molar-refractivity contribution < 1.29 is 4.74 Å². The van der Waals surface area contributed by atoms with Crippen molar-refractivity contribution in [1.82, 2.24) is 9.55 Å². The molecule has 102 valence electrons. The van der Waals surface area contributed by atoms with Gasteiger partial charge in [-0.25, -0.2) is 4.98 Å². The maximum atomic E-state index is 5.98. The Morgan fingerprint density at radius 2 is 2.16 bits per heavy atom. The number of allylic oxidation sites excluding steroid dienone is 1. The van der Waals surface area contributed by atoms with Gasteiger partial charge in [-0.1, -0.05) is 6.08 Å². The quantitative estimate of drug-likeness (QED) is 0.840. The predicted octanol–water partition coefficient (Wildman–Crippen LogP) is 3.03. The van der Waals surface area contributed by atoms with Crippen molar-refractivity contribution in [2.45, 2.75) is 39.5 Å². The molecule has 0 fully saturated rings. The van der Waals surface area contributed by atoms with Crippen molar-refractivity contribution in [1.29, 1.82) is 0 Å². The molecule has 1 aromatic heterocycles. The van der Waals surface area contributed by atoms with Crippen molar-refractivity contribution in [2.75, 3.05) is 0 Å². The van der Waals surface area contributed by atoms with Gasteiger partial charge in [-0.3, -0.25) is 0 Å². The lowest BCUT2D eigenvalue weighted by molar-refractivity contribution is 0.242. The van der Waals surface area contributed by atoms with Gasteiger partial charge in [0.1, 0.15) is 11.6 Å². The molecule has 1 atom stereocenters. The molecule has 4 heteroatoms. The maximum Gasteiger partial charge on any atom is 0.126 e. The number of hydrogen-bond acceptors (Lipinski definition) is 3. The van der Waals surface area contributed by atoms with Crippen LogP contribution in [0.5, 0.6) is 5.75 Å². The molecule has 0 radical (unpaired) electrons. The fourth-order valence-corrected chi connectivity index (χ4v) is 2.14. The first-order chi connectivity index (χ1) is 9.02. The monoisotopic (exact) mass is 259 g/mol. The predicted molar refractivity (Wildman–Crippen MR) is 78.3 cm³/mol. The number of benzene rings is 1. The standard InChI is InChI=1S/C15H21N3O/c1-5-8-18-14-7-6-12(19-10(2)3)9-13(14)17-15(18)11(4)16/h5-7,9-11H,1,8,16H2,2-4H3. The lowest BCUT2D eigenvalue weighted by Gasteiger charge is -2.10. The van der Waals surface area contributed by atoms with E-state index in [0.717, 1.165) is 22.6 Å². The van der Waals surface area contributed by atoms with E-state index in [-0.39, 0.29) is 12.1 Å². The van der Waals surface area contributed by atoms with Crippen LogP contribution in [0.1, 0.15) is 32.6 Å². The Balaban J connectivity index is 2.52. The molecular formula is C15H21N3O. The molecule has 2 rings (SSSR count). The molecule has 1 aromatic carbocycles. The smallest absolute Gasteiger partial charge is 0.126 e. The largest absolute Gasteiger partial charge is 0.491 e. The third kappa shape index (κ3) is 2.79. The highest BCUT2D eigenvalue weighted by atomic mass is 16.5. The number of aromatic nitrogens is 2. The number of fused-ring (bicyclic) bond motifs is 1. The van der Waals surface area contributed by atoms with E-state index in [4.69, 9.17) is 10.5 Å². The van der Waals surface area contributed by atoms with Gasteiger partial charge in [0.2, 0.25) is 0 Å². The summed E-state index contributed by atoms with van der Waals surface area (Å²) in [6.07, 6.45) is 2.01. The van der Waals surface area contributed by atoms with Gasteiger partial charge in [0, 0.05) is 12.6 Å². The van der Waals surface area contributed by atoms with Crippen LogP contribution < -0.4 is 10.5 Å². The molecule has 0 aliphatic heterocycles. The number of rotatable bonds is 5. The molecule has 0 spiro atoms. The van der Waals surface area contributed by atoms with Gasteiger partial charge in [-0.2, -0.15) is 0 Å². The van der Waals surface area contributed by atoms with E-state index < -0.39 is 0 Å². The summed E-state index contributed by atoms with van der Waals surface area (Å²) >= 11 is 0. The average Bonchev–Trinajstić information content (AvgIpc) is 2.67. The van der Waals surface area contributed by atoms with Crippen LogP contribution >= 0.6 is 0 Å². The van der Waals surface area contributed by atoms with E-state index >= 15 is 0 Å². The maximum absolute atomic E-state index is 5.98. The highest BCUT2D eigenvalue weighted by molar-refractivity contribution is 5.78. The van der Waals surface area contributed by atoms with E-state index in [0.29, 0.717) is 6.54 Å². The van der Waals surface area contributed by atoms with E-state index in [1.54, 1.807) is 0 Å². The van der Waals surface area contributed by atoms with E-state index in [1.807, 2.05) is 45.0 Å². The lowest BCUT2D eigenvalue weighted by atomic mass is 10.3. The van der Waals surface area contributed by atoms with Crippen molar-refractivity contribution in [2.24, 2.45) is 5.73 Å². The fraction of sp³-hybridized carbons (Fsp3) is 0.400. The molecule has 2 aromatic rings. The average molecular weight is 259 g/mol. The van der Waals surface area contributed by atoms with Crippen LogP contribution in [0.4, 0.5) is 0 Å². The fourth-order valence-electron chi connectivity index (χ4n) is 2.14. The molecule has 19 heavy (non-hydrogen) atoms. The number of ether oxygens (including phenoxy) is 1. The Hall–Kier alpha value is -1.81. The normalized spacial score (nSPS) is 12.9. The van der Waals surface area contributed by atoms with Crippen LogP contribution in [-0.4, -0.2) is 15.7 Å². The van der Waals surface area contributed by atoms with Crippen LogP contribution in [0.15, 0.2) is 30.9 Å². The van der Waals surface area contributed by atoms with Crippen molar-refractivity contribution >= 4 is 11.0 Å². The number of hydrogen-bond donors (Lipinski definition) is 1.